The Hall–Kier alpha value is -1.05. The number of rotatable bonds is 4. The Labute approximate surface area is 127 Å². The molecule has 0 aliphatic heterocycles. The van der Waals surface area contributed by atoms with Crippen molar-refractivity contribution in [2.75, 3.05) is 6.54 Å². The molecule has 0 heterocycles. The Morgan fingerprint density at radius 2 is 1.70 bits per heavy atom. The summed E-state index contributed by atoms with van der Waals surface area (Å²) in [6.45, 7) is 10.1. The smallest absolute Gasteiger partial charge is 0.0484 e. The third kappa shape index (κ3) is 3.16. The van der Waals surface area contributed by atoms with E-state index in [0.717, 1.165) is 23.4 Å². The summed E-state index contributed by atoms with van der Waals surface area (Å²) >= 11 is 6.33. The van der Waals surface area contributed by atoms with Crippen molar-refractivity contribution in [2.45, 2.75) is 40.2 Å². The zero-order valence-corrected chi connectivity index (χ0v) is 13.6. The average molecular weight is 290 g/mol. The van der Waals surface area contributed by atoms with E-state index in [0.29, 0.717) is 6.04 Å². The Balaban J connectivity index is 2.56. The van der Waals surface area contributed by atoms with Crippen LogP contribution in [0.25, 0.3) is 10.8 Å². The molecule has 0 aromatic heterocycles. The van der Waals surface area contributed by atoms with Gasteiger partial charge in [0.1, 0.15) is 0 Å². The summed E-state index contributed by atoms with van der Waals surface area (Å²) < 4.78 is 0. The third-order valence-corrected chi connectivity index (χ3v) is 4.01. The minimum Gasteiger partial charge on any atom is -0.309 e. The van der Waals surface area contributed by atoms with E-state index in [9.17, 15) is 0 Å². The second-order valence-corrected chi connectivity index (χ2v) is 6.84. The zero-order chi connectivity index (χ0) is 14.8. The molecule has 0 bridgehead atoms. The average Bonchev–Trinajstić information content (AvgIpc) is 2.40. The van der Waals surface area contributed by atoms with Crippen molar-refractivity contribution in [1.82, 2.24) is 5.32 Å². The second-order valence-electron chi connectivity index (χ2n) is 6.44. The van der Waals surface area contributed by atoms with Gasteiger partial charge >= 0.3 is 0 Å². The van der Waals surface area contributed by atoms with Crippen molar-refractivity contribution in [1.29, 1.82) is 0 Å². The van der Waals surface area contributed by atoms with Gasteiger partial charge in [0.05, 0.1) is 0 Å². The van der Waals surface area contributed by atoms with Crippen LogP contribution < -0.4 is 5.32 Å². The highest BCUT2D eigenvalue weighted by Gasteiger charge is 2.27. The molecular weight excluding hydrogens is 266 g/mol. The molecule has 2 rings (SSSR count). The van der Waals surface area contributed by atoms with E-state index in [1.807, 2.05) is 12.1 Å². The van der Waals surface area contributed by atoms with Crippen molar-refractivity contribution >= 4 is 22.4 Å². The van der Waals surface area contributed by atoms with Crippen molar-refractivity contribution in [2.24, 2.45) is 5.41 Å². The highest BCUT2D eigenvalue weighted by molar-refractivity contribution is 6.35. The van der Waals surface area contributed by atoms with E-state index in [4.69, 9.17) is 11.6 Å². The Morgan fingerprint density at radius 3 is 2.30 bits per heavy atom. The van der Waals surface area contributed by atoms with Crippen LogP contribution in [0.2, 0.25) is 5.02 Å². The maximum Gasteiger partial charge on any atom is 0.0484 e. The number of hydrogen-bond donors (Lipinski definition) is 1. The molecular formula is C18H24ClN. The van der Waals surface area contributed by atoms with Crippen LogP contribution in [0.1, 0.15) is 45.7 Å². The summed E-state index contributed by atoms with van der Waals surface area (Å²) in [5, 5.41) is 6.91. The van der Waals surface area contributed by atoms with E-state index >= 15 is 0 Å². The van der Waals surface area contributed by atoms with Gasteiger partial charge in [-0.2, -0.15) is 0 Å². The summed E-state index contributed by atoms with van der Waals surface area (Å²) in [6.07, 6.45) is 1.14. The molecule has 1 atom stereocenters. The van der Waals surface area contributed by atoms with Crippen molar-refractivity contribution in [3.63, 3.8) is 0 Å². The number of halogens is 1. The lowest BCUT2D eigenvalue weighted by Crippen LogP contribution is -2.33. The Bertz CT molecular complexity index is 583. The molecule has 2 heteroatoms. The molecule has 20 heavy (non-hydrogen) atoms. The summed E-state index contributed by atoms with van der Waals surface area (Å²) in [5.41, 5.74) is 1.50. The molecule has 0 aliphatic rings. The van der Waals surface area contributed by atoms with Gasteiger partial charge in [0, 0.05) is 16.5 Å². The van der Waals surface area contributed by atoms with E-state index in [1.165, 1.54) is 10.9 Å². The van der Waals surface area contributed by atoms with E-state index in [2.05, 4.69) is 57.3 Å². The first-order valence-electron chi connectivity index (χ1n) is 7.35. The number of benzene rings is 2. The van der Waals surface area contributed by atoms with Crippen molar-refractivity contribution < 1.29 is 0 Å². The molecule has 0 spiro atoms. The fourth-order valence-corrected chi connectivity index (χ4v) is 2.94. The third-order valence-electron chi connectivity index (χ3n) is 3.68. The van der Waals surface area contributed by atoms with Crippen LogP contribution in [-0.2, 0) is 0 Å². The molecule has 0 saturated carbocycles. The molecule has 2 aromatic carbocycles. The fourth-order valence-electron chi connectivity index (χ4n) is 2.71. The number of nitrogens with one attached hydrogen (secondary N) is 1. The summed E-state index contributed by atoms with van der Waals surface area (Å²) in [6, 6.07) is 12.9. The molecule has 1 N–H and O–H groups in total. The SMILES string of the molecule is CCCNC(c1ccc(Cl)c2ccccc12)C(C)(C)C. The highest BCUT2D eigenvalue weighted by Crippen LogP contribution is 2.38. The van der Waals surface area contributed by atoms with E-state index in [1.54, 1.807) is 0 Å². The van der Waals surface area contributed by atoms with E-state index < -0.39 is 0 Å². The predicted molar refractivity (Wildman–Crippen MR) is 89.4 cm³/mol. The maximum atomic E-state index is 6.33. The van der Waals surface area contributed by atoms with Gasteiger partial charge in [0.2, 0.25) is 0 Å². The van der Waals surface area contributed by atoms with Gasteiger partial charge in [-0.3, -0.25) is 0 Å². The van der Waals surface area contributed by atoms with Crippen molar-refractivity contribution in [3.8, 4) is 0 Å². The van der Waals surface area contributed by atoms with Gasteiger partial charge in [0.15, 0.2) is 0 Å². The lowest BCUT2D eigenvalue weighted by Gasteiger charge is -2.33. The van der Waals surface area contributed by atoms with Crippen LogP contribution in [0.5, 0.6) is 0 Å². The fraction of sp³-hybridized carbons (Fsp3) is 0.444. The molecule has 0 fully saturated rings. The van der Waals surface area contributed by atoms with Crippen LogP contribution >= 0.6 is 11.6 Å². The van der Waals surface area contributed by atoms with Crippen LogP contribution in [0.4, 0.5) is 0 Å². The minimum absolute atomic E-state index is 0.159. The first-order chi connectivity index (χ1) is 9.45. The monoisotopic (exact) mass is 289 g/mol. The van der Waals surface area contributed by atoms with Gasteiger partial charge in [-0.05, 0) is 35.4 Å². The first kappa shape index (κ1) is 15.3. The lowest BCUT2D eigenvalue weighted by atomic mass is 9.80. The normalized spacial score (nSPS) is 13.7. The van der Waals surface area contributed by atoms with Gasteiger partial charge in [0.25, 0.3) is 0 Å². The molecule has 0 aliphatic carbocycles. The minimum atomic E-state index is 0.159. The highest BCUT2D eigenvalue weighted by atomic mass is 35.5. The van der Waals surface area contributed by atoms with Crippen molar-refractivity contribution in [3.05, 3.63) is 47.0 Å². The van der Waals surface area contributed by atoms with Crippen LogP contribution in [-0.4, -0.2) is 6.54 Å². The predicted octanol–water partition coefficient (Wildman–Crippen LogP) is 5.58. The Kier molecular flexibility index (Phi) is 4.72. The van der Waals surface area contributed by atoms with Gasteiger partial charge in [-0.25, -0.2) is 0 Å². The maximum absolute atomic E-state index is 6.33. The summed E-state index contributed by atoms with van der Waals surface area (Å²) in [7, 11) is 0. The summed E-state index contributed by atoms with van der Waals surface area (Å²) in [5.74, 6) is 0. The Morgan fingerprint density at radius 1 is 1.05 bits per heavy atom. The van der Waals surface area contributed by atoms with Gasteiger partial charge in [-0.15, -0.1) is 0 Å². The lowest BCUT2D eigenvalue weighted by molar-refractivity contribution is 0.275. The molecule has 108 valence electrons. The van der Waals surface area contributed by atoms with E-state index in [-0.39, 0.29) is 5.41 Å². The molecule has 1 nitrogen and oxygen atoms in total. The molecule has 2 aromatic rings. The topological polar surface area (TPSA) is 12.0 Å². The second kappa shape index (κ2) is 6.15. The van der Waals surface area contributed by atoms with Crippen LogP contribution in [0.3, 0.4) is 0 Å². The summed E-state index contributed by atoms with van der Waals surface area (Å²) in [4.78, 5) is 0. The standard InChI is InChI=1S/C18H24ClN/c1-5-12-20-17(18(2,3)4)15-10-11-16(19)14-9-7-6-8-13(14)15/h6-11,17,20H,5,12H2,1-4H3. The zero-order valence-electron chi connectivity index (χ0n) is 12.8. The quantitative estimate of drug-likeness (QED) is 0.775. The van der Waals surface area contributed by atoms with Gasteiger partial charge in [-0.1, -0.05) is 69.6 Å². The largest absolute Gasteiger partial charge is 0.309 e. The molecule has 0 radical (unpaired) electrons. The van der Waals surface area contributed by atoms with Crippen LogP contribution in [0, 0.1) is 5.41 Å². The molecule has 0 saturated heterocycles. The number of hydrogen-bond acceptors (Lipinski definition) is 1. The first-order valence-corrected chi connectivity index (χ1v) is 7.73. The molecule has 0 amide bonds. The van der Waals surface area contributed by atoms with Gasteiger partial charge < -0.3 is 5.32 Å². The van der Waals surface area contributed by atoms with Crippen LogP contribution in [0.15, 0.2) is 36.4 Å². The number of fused-ring (bicyclic) bond motifs is 1. The molecule has 1 unspecified atom stereocenters.